The van der Waals surface area contributed by atoms with Gasteiger partial charge in [0, 0.05) is 16.9 Å². The van der Waals surface area contributed by atoms with E-state index in [1.54, 1.807) is 31.2 Å². The smallest absolute Gasteiger partial charge is 0.248 e. The minimum absolute atomic E-state index is 0.109. The third-order valence-electron chi connectivity index (χ3n) is 4.64. The molecule has 0 saturated heterocycles. The molecule has 7 nitrogen and oxygen atoms in total. The van der Waals surface area contributed by atoms with E-state index in [9.17, 15) is 14.4 Å². The van der Waals surface area contributed by atoms with Crippen molar-refractivity contribution in [1.82, 2.24) is 4.90 Å². The monoisotopic (exact) mass is 396 g/mol. The summed E-state index contributed by atoms with van der Waals surface area (Å²) in [6.07, 6.45) is 0.808. The van der Waals surface area contributed by atoms with Crippen molar-refractivity contribution in [2.24, 2.45) is 5.73 Å². The van der Waals surface area contributed by atoms with Crippen molar-refractivity contribution in [2.45, 2.75) is 33.2 Å². The van der Waals surface area contributed by atoms with Gasteiger partial charge in [0.25, 0.3) is 0 Å². The molecule has 2 aromatic rings. The molecule has 29 heavy (non-hydrogen) atoms. The first-order chi connectivity index (χ1) is 13.8. The van der Waals surface area contributed by atoms with Crippen molar-refractivity contribution >= 4 is 29.1 Å². The predicted molar refractivity (Wildman–Crippen MR) is 115 cm³/mol. The van der Waals surface area contributed by atoms with Crippen LogP contribution in [-0.2, 0) is 9.59 Å². The fourth-order valence-corrected chi connectivity index (χ4v) is 2.91. The Morgan fingerprint density at radius 1 is 1.03 bits per heavy atom. The van der Waals surface area contributed by atoms with Crippen LogP contribution in [0, 0.1) is 6.92 Å². The van der Waals surface area contributed by atoms with Crippen LogP contribution in [-0.4, -0.2) is 41.8 Å². The Morgan fingerprint density at radius 2 is 1.69 bits per heavy atom. The molecule has 0 spiro atoms. The van der Waals surface area contributed by atoms with Gasteiger partial charge in [-0.25, -0.2) is 0 Å². The Bertz CT molecular complexity index is 865. The highest BCUT2D eigenvalue weighted by Crippen LogP contribution is 2.14. The van der Waals surface area contributed by atoms with Crippen molar-refractivity contribution in [2.75, 3.05) is 23.7 Å². The first kappa shape index (κ1) is 22.1. The molecule has 0 aliphatic rings. The lowest BCUT2D eigenvalue weighted by molar-refractivity contribution is -0.123. The summed E-state index contributed by atoms with van der Waals surface area (Å²) in [4.78, 5) is 38.2. The molecule has 0 aromatic heterocycles. The standard InChI is InChI=1S/C22H28N4O3/c1-4-13-26(14-20(27)25-19-8-6-5-7-15(19)2)16(3)22(29)24-18-11-9-17(10-12-18)21(23)28/h5-12,16H,4,13-14H2,1-3H3,(H2,23,28)(H,24,29)(H,25,27). The van der Waals surface area contributed by atoms with Gasteiger partial charge in [-0.2, -0.15) is 0 Å². The highest BCUT2D eigenvalue weighted by molar-refractivity contribution is 5.97. The highest BCUT2D eigenvalue weighted by Gasteiger charge is 2.23. The molecule has 0 aliphatic heterocycles. The molecule has 0 radical (unpaired) electrons. The lowest BCUT2D eigenvalue weighted by atomic mass is 10.2. The first-order valence-corrected chi connectivity index (χ1v) is 9.62. The minimum Gasteiger partial charge on any atom is -0.366 e. The van der Waals surface area contributed by atoms with Crippen LogP contribution in [0.3, 0.4) is 0 Å². The van der Waals surface area contributed by atoms with E-state index in [1.807, 2.05) is 43.0 Å². The van der Waals surface area contributed by atoms with Crippen molar-refractivity contribution in [1.29, 1.82) is 0 Å². The number of aryl methyl sites for hydroxylation is 1. The van der Waals surface area contributed by atoms with Gasteiger partial charge in [0.1, 0.15) is 0 Å². The van der Waals surface area contributed by atoms with Gasteiger partial charge in [0.15, 0.2) is 0 Å². The van der Waals surface area contributed by atoms with Gasteiger partial charge in [-0.05, 0) is 62.7 Å². The van der Waals surface area contributed by atoms with E-state index in [0.29, 0.717) is 17.8 Å². The number of benzene rings is 2. The van der Waals surface area contributed by atoms with Crippen LogP contribution in [0.15, 0.2) is 48.5 Å². The molecule has 4 N–H and O–H groups in total. The van der Waals surface area contributed by atoms with Crippen LogP contribution in [0.25, 0.3) is 0 Å². The number of nitrogens with one attached hydrogen (secondary N) is 2. The predicted octanol–water partition coefficient (Wildman–Crippen LogP) is 2.77. The zero-order chi connectivity index (χ0) is 21.4. The second-order valence-corrected chi connectivity index (χ2v) is 6.94. The number of rotatable bonds is 9. The summed E-state index contributed by atoms with van der Waals surface area (Å²) in [6.45, 7) is 6.41. The summed E-state index contributed by atoms with van der Waals surface area (Å²) < 4.78 is 0. The number of primary amides is 1. The van der Waals surface area contributed by atoms with Gasteiger partial charge in [0.05, 0.1) is 12.6 Å². The number of carbonyl (C=O) groups is 3. The van der Waals surface area contributed by atoms with E-state index in [4.69, 9.17) is 5.73 Å². The topological polar surface area (TPSA) is 105 Å². The van der Waals surface area contributed by atoms with E-state index < -0.39 is 11.9 Å². The second kappa shape index (κ2) is 10.4. The number of hydrogen-bond acceptors (Lipinski definition) is 4. The molecular weight excluding hydrogens is 368 g/mol. The minimum atomic E-state index is -0.523. The maximum Gasteiger partial charge on any atom is 0.248 e. The number of nitrogens with two attached hydrogens (primary N) is 1. The summed E-state index contributed by atoms with van der Waals surface area (Å²) >= 11 is 0. The van der Waals surface area contributed by atoms with Crippen molar-refractivity contribution in [3.63, 3.8) is 0 Å². The fourth-order valence-electron chi connectivity index (χ4n) is 2.91. The molecule has 7 heteroatoms. The number of para-hydroxylation sites is 1. The Balaban J connectivity index is 2.00. The van der Waals surface area contributed by atoms with Crippen LogP contribution in [0.2, 0.25) is 0 Å². The first-order valence-electron chi connectivity index (χ1n) is 9.62. The Hall–Kier alpha value is -3.19. The largest absolute Gasteiger partial charge is 0.366 e. The molecule has 154 valence electrons. The van der Waals surface area contributed by atoms with E-state index in [1.165, 1.54) is 0 Å². The van der Waals surface area contributed by atoms with Crippen LogP contribution >= 0.6 is 0 Å². The summed E-state index contributed by atoms with van der Waals surface area (Å²) in [5, 5.41) is 5.72. The van der Waals surface area contributed by atoms with E-state index in [-0.39, 0.29) is 18.4 Å². The normalized spacial score (nSPS) is 11.7. The second-order valence-electron chi connectivity index (χ2n) is 6.94. The molecule has 3 amide bonds. The third-order valence-corrected chi connectivity index (χ3v) is 4.64. The van der Waals surface area contributed by atoms with Gasteiger partial charge in [-0.3, -0.25) is 19.3 Å². The third kappa shape index (κ3) is 6.43. The number of hydrogen-bond donors (Lipinski definition) is 3. The summed E-state index contributed by atoms with van der Waals surface area (Å²) in [7, 11) is 0. The lowest BCUT2D eigenvalue weighted by Gasteiger charge is -2.27. The molecule has 0 bridgehead atoms. The van der Waals surface area contributed by atoms with E-state index in [2.05, 4.69) is 10.6 Å². The molecule has 2 rings (SSSR count). The van der Waals surface area contributed by atoms with E-state index in [0.717, 1.165) is 17.7 Å². The van der Waals surface area contributed by atoms with E-state index >= 15 is 0 Å². The quantitative estimate of drug-likeness (QED) is 0.606. The lowest BCUT2D eigenvalue weighted by Crippen LogP contribution is -2.46. The number of anilines is 2. The Labute approximate surface area is 171 Å². The van der Waals surface area contributed by atoms with Gasteiger partial charge >= 0.3 is 0 Å². The Kier molecular flexibility index (Phi) is 7.91. The number of nitrogens with zero attached hydrogens (tertiary/aromatic N) is 1. The summed E-state index contributed by atoms with van der Waals surface area (Å²) in [6, 6.07) is 13.4. The number of amides is 3. The fraction of sp³-hybridized carbons (Fsp3) is 0.318. The maximum absolute atomic E-state index is 12.7. The van der Waals surface area contributed by atoms with Crippen molar-refractivity contribution < 1.29 is 14.4 Å². The highest BCUT2D eigenvalue weighted by atomic mass is 16.2. The van der Waals surface area contributed by atoms with Crippen LogP contribution in [0.1, 0.15) is 36.2 Å². The van der Waals surface area contributed by atoms with Crippen molar-refractivity contribution in [3.05, 3.63) is 59.7 Å². The van der Waals surface area contributed by atoms with Gasteiger partial charge in [0.2, 0.25) is 17.7 Å². The molecule has 0 fully saturated rings. The average Bonchev–Trinajstić information content (AvgIpc) is 2.69. The van der Waals surface area contributed by atoms with Crippen molar-refractivity contribution in [3.8, 4) is 0 Å². The number of carbonyl (C=O) groups excluding carboxylic acids is 3. The molecular formula is C22H28N4O3. The summed E-state index contributed by atoms with van der Waals surface area (Å²) in [5.41, 5.74) is 7.90. The zero-order valence-electron chi connectivity index (χ0n) is 17.1. The van der Waals surface area contributed by atoms with Crippen LogP contribution in [0.4, 0.5) is 11.4 Å². The molecule has 1 atom stereocenters. The molecule has 0 saturated carbocycles. The average molecular weight is 396 g/mol. The summed E-state index contributed by atoms with van der Waals surface area (Å²) in [5.74, 6) is -0.919. The van der Waals surface area contributed by atoms with Gasteiger partial charge in [-0.15, -0.1) is 0 Å². The molecule has 2 aromatic carbocycles. The molecule has 0 aliphatic carbocycles. The molecule has 0 heterocycles. The maximum atomic E-state index is 12.7. The van der Waals surface area contributed by atoms with Gasteiger partial charge in [-0.1, -0.05) is 25.1 Å². The van der Waals surface area contributed by atoms with Gasteiger partial charge < -0.3 is 16.4 Å². The molecule has 1 unspecified atom stereocenters. The van der Waals surface area contributed by atoms with Crippen LogP contribution < -0.4 is 16.4 Å². The zero-order valence-corrected chi connectivity index (χ0v) is 17.1. The van der Waals surface area contributed by atoms with Crippen LogP contribution in [0.5, 0.6) is 0 Å². The Morgan fingerprint density at radius 3 is 2.28 bits per heavy atom. The SMILES string of the molecule is CCCN(CC(=O)Nc1ccccc1C)C(C)C(=O)Nc1ccc(C(N)=O)cc1.